The highest BCUT2D eigenvalue weighted by Gasteiger charge is 2.59. The van der Waals surface area contributed by atoms with Crippen LogP contribution in [0.1, 0.15) is 47.3 Å². The molecule has 2 atom stereocenters. The molecular weight excluding hydrogens is 537 g/mol. The summed E-state index contributed by atoms with van der Waals surface area (Å²) in [6.07, 6.45) is -2.81. The molecule has 0 bridgehead atoms. The predicted molar refractivity (Wildman–Crippen MR) is 134 cm³/mol. The van der Waals surface area contributed by atoms with E-state index in [4.69, 9.17) is 19.9 Å². The number of fused-ring (bicyclic) bond motifs is 1. The van der Waals surface area contributed by atoms with Gasteiger partial charge in [0, 0.05) is 34.8 Å². The van der Waals surface area contributed by atoms with Crippen molar-refractivity contribution in [3.63, 3.8) is 0 Å². The monoisotopic (exact) mass is 563 g/mol. The largest absolute Gasteiger partial charge is 0.493 e. The first-order valence-electron chi connectivity index (χ1n) is 12.5. The Balaban J connectivity index is 1.42. The minimum Gasteiger partial charge on any atom is -0.493 e. The molecule has 5 rings (SSSR count). The van der Waals surface area contributed by atoms with E-state index in [2.05, 4.69) is 10.3 Å². The normalized spacial score (nSPS) is 19.0. The highest BCUT2D eigenvalue weighted by atomic mass is 19.4. The van der Waals surface area contributed by atoms with Crippen LogP contribution in [0.3, 0.4) is 0 Å². The van der Waals surface area contributed by atoms with E-state index < -0.39 is 41.8 Å². The van der Waals surface area contributed by atoms with Crippen molar-refractivity contribution in [2.45, 2.75) is 43.5 Å². The summed E-state index contributed by atoms with van der Waals surface area (Å²) in [6.45, 7) is 0.745. The Morgan fingerprint density at radius 2 is 1.90 bits per heavy atom. The molecule has 2 heterocycles. The number of pyridine rings is 1. The van der Waals surface area contributed by atoms with E-state index in [1.807, 2.05) is 0 Å². The maximum absolute atomic E-state index is 14.0. The molecule has 2 aromatic carbocycles. The van der Waals surface area contributed by atoms with E-state index in [1.54, 1.807) is 19.1 Å². The topological polar surface area (TPSA) is 95.7 Å². The maximum Gasteiger partial charge on any atom is 0.414 e. The molecule has 0 saturated heterocycles. The summed E-state index contributed by atoms with van der Waals surface area (Å²) in [7, 11) is 1.46. The number of nitrogens with one attached hydrogen (secondary N) is 1. The Morgan fingerprint density at radius 1 is 1.15 bits per heavy atom. The van der Waals surface area contributed by atoms with Gasteiger partial charge in [-0.15, -0.1) is 0 Å². The summed E-state index contributed by atoms with van der Waals surface area (Å²) in [5.41, 5.74) is 2.92. The van der Waals surface area contributed by atoms with Gasteiger partial charge in [-0.3, -0.25) is 4.79 Å². The number of aromatic nitrogens is 1. The third kappa shape index (κ3) is 5.15. The van der Waals surface area contributed by atoms with Crippen molar-refractivity contribution in [2.24, 2.45) is 5.73 Å². The maximum atomic E-state index is 14.0. The van der Waals surface area contributed by atoms with E-state index in [0.29, 0.717) is 17.1 Å². The van der Waals surface area contributed by atoms with Crippen LogP contribution < -0.4 is 25.3 Å². The number of benzene rings is 2. The highest BCUT2D eigenvalue weighted by molar-refractivity contribution is 5.95. The second-order valence-electron chi connectivity index (χ2n) is 9.95. The second-order valence-corrected chi connectivity index (χ2v) is 9.95. The van der Waals surface area contributed by atoms with Gasteiger partial charge in [0.05, 0.1) is 13.2 Å². The zero-order valence-corrected chi connectivity index (χ0v) is 21.6. The van der Waals surface area contributed by atoms with Crippen LogP contribution in [-0.4, -0.2) is 43.4 Å². The lowest BCUT2D eigenvalue weighted by Gasteiger charge is -2.26. The molecule has 1 amide bonds. The smallest absolute Gasteiger partial charge is 0.414 e. The molecule has 2 aliphatic rings. The van der Waals surface area contributed by atoms with Crippen molar-refractivity contribution >= 4 is 5.91 Å². The molecule has 1 aliphatic heterocycles. The average Bonchev–Trinajstić information content (AvgIpc) is 3.67. The Morgan fingerprint density at radius 3 is 2.55 bits per heavy atom. The van der Waals surface area contributed by atoms with Crippen molar-refractivity contribution in [1.29, 1.82) is 0 Å². The summed E-state index contributed by atoms with van der Waals surface area (Å²) in [4.78, 5) is 17.3. The van der Waals surface area contributed by atoms with Gasteiger partial charge >= 0.3 is 6.18 Å². The number of amides is 1. The lowest BCUT2D eigenvalue weighted by molar-refractivity contribution is -0.191. The fourth-order valence-corrected chi connectivity index (χ4v) is 4.34. The first-order chi connectivity index (χ1) is 18.9. The Labute approximate surface area is 226 Å². The van der Waals surface area contributed by atoms with Gasteiger partial charge in [-0.05, 0) is 55.3 Å². The SMILES string of the molecule is COc1cc(C(=O)NCC(C)c2cc3c(c(-c4ccc(F)c(F)c4)n2)OC[C@@]3(N)C(F)(F)F)ccc1OC1CC1. The third-order valence-electron chi connectivity index (χ3n) is 6.93. The molecule has 1 unspecified atom stereocenters. The number of alkyl halides is 3. The van der Waals surface area contributed by atoms with Crippen LogP contribution in [-0.2, 0) is 5.54 Å². The predicted octanol–water partition coefficient (Wildman–Crippen LogP) is 5.22. The number of rotatable bonds is 8. The molecule has 1 fully saturated rings. The zero-order chi connectivity index (χ0) is 28.8. The Bertz CT molecular complexity index is 1460. The Kier molecular flexibility index (Phi) is 7.07. The number of carbonyl (C=O) groups excluding carboxylic acids is 1. The van der Waals surface area contributed by atoms with Crippen LogP contribution in [0.4, 0.5) is 22.0 Å². The minimum atomic E-state index is -4.87. The number of nitrogens with zero attached hydrogens (tertiary/aromatic N) is 1. The molecule has 3 aromatic rings. The van der Waals surface area contributed by atoms with E-state index in [9.17, 15) is 26.7 Å². The summed E-state index contributed by atoms with van der Waals surface area (Å²) in [6, 6.07) is 8.81. The molecule has 12 heteroatoms. The van der Waals surface area contributed by atoms with Gasteiger partial charge in [0.15, 0.2) is 34.4 Å². The summed E-state index contributed by atoms with van der Waals surface area (Å²) in [5.74, 6) is -2.70. The first kappa shape index (κ1) is 27.6. The van der Waals surface area contributed by atoms with E-state index in [-0.39, 0.29) is 40.9 Å². The second kappa shape index (κ2) is 10.2. The molecule has 212 valence electrons. The van der Waals surface area contributed by atoms with Crippen molar-refractivity contribution in [3.8, 4) is 28.5 Å². The average molecular weight is 564 g/mol. The first-order valence-corrected chi connectivity index (χ1v) is 12.5. The Hall–Kier alpha value is -3.93. The van der Waals surface area contributed by atoms with E-state index in [1.165, 1.54) is 25.3 Å². The van der Waals surface area contributed by atoms with Crippen molar-refractivity contribution in [1.82, 2.24) is 10.3 Å². The van der Waals surface area contributed by atoms with Gasteiger partial charge in [0.1, 0.15) is 12.3 Å². The number of halogens is 5. The van der Waals surface area contributed by atoms with Crippen molar-refractivity contribution in [2.75, 3.05) is 20.3 Å². The van der Waals surface area contributed by atoms with Gasteiger partial charge in [-0.25, -0.2) is 13.8 Å². The lowest BCUT2D eigenvalue weighted by atomic mass is 9.89. The molecule has 7 nitrogen and oxygen atoms in total. The van der Waals surface area contributed by atoms with Crippen LogP contribution in [0.5, 0.6) is 17.2 Å². The molecular formula is C28H26F5N3O4. The zero-order valence-electron chi connectivity index (χ0n) is 21.6. The molecule has 3 N–H and O–H groups in total. The van der Waals surface area contributed by atoms with E-state index >= 15 is 0 Å². The van der Waals surface area contributed by atoms with Crippen LogP contribution >= 0.6 is 0 Å². The minimum absolute atomic E-state index is 0.00503. The molecule has 1 saturated carbocycles. The van der Waals surface area contributed by atoms with Crippen LogP contribution in [0.25, 0.3) is 11.3 Å². The number of hydrogen-bond donors (Lipinski definition) is 2. The number of carbonyl (C=O) groups is 1. The van der Waals surface area contributed by atoms with Gasteiger partial charge in [-0.1, -0.05) is 6.92 Å². The summed E-state index contributed by atoms with van der Waals surface area (Å²) in [5, 5.41) is 2.75. The quantitative estimate of drug-likeness (QED) is 0.365. The summed E-state index contributed by atoms with van der Waals surface area (Å²) >= 11 is 0. The number of hydrogen-bond acceptors (Lipinski definition) is 6. The molecule has 1 aromatic heterocycles. The van der Waals surface area contributed by atoms with Crippen LogP contribution in [0.15, 0.2) is 42.5 Å². The molecule has 1 aliphatic carbocycles. The molecule has 0 spiro atoms. The molecule has 0 radical (unpaired) electrons. The van der Waals surface area contributed by atoms with Gasteiger partial charge < -0.3 is 25.3 Å². The van der Waals surface area contributed by atoms with Gasteiger partial charge in [0.25, 0.3) is 5.91 Å². The van der Waals surface area contributed by atoms with Gasteiger partial charge in [-0.2, -0.15) is 13.2 Å². The summed E-state index contributed by atoms with van der Waals surface area (Å²) < 4.78 is 86.0. The standard InChI is InChI=1S/C28H26F5N3O4/c1-14(12-35-26(37)16-4-8-22(23(10-16)38-2)40-17-5-6-17)21-11-18-25(39-13-27(18,34)28(31,32)33)24(36-21)15-3-7-19(29)20(30)9-15/h3-4,7-11,14,17H,5-6,12-13,34H2,1-2H3,(H,35,37)/t14?,27-/m0/s1. The lowest BCUT2D eigenvalue weighted by Crippen LogP contribution is -2.51. The highest BCUT2D eigenvalue weighted by Crippen LogP contribution is 2.49. The van der Waals surface area contributed by atoms with Crippen molar-refractivity contribution < 1.29 is 41.0 Å². The third-order valence-corrected chi connectivity index (χ3v) is 6.93. The number of methoxy groups -OCH3 is 1. The van der Waals surface area contributed by atoms with Gasteiger partial charge in [0.2, 0.25) is 0 Å². The fourth-order valence-electron chi connectivity index (χ4n) is 4.34. The van der Waals surface area contributed by atoms with Crippen LogP contribution in [0.2, 0.25) is 0 Å². The number of nitrogens with two attached hydrogens (primary N) is 1. The fraction of sp³-hybridized carbons (Fsp3) is 0.357. The molecule has 40 heavy (non-hydrogen) atoms. The number of ether oxygens (including phenoxy) is 3. The van der Waals surface area contributed by atoms with Crippen molar-refractivity contribution in [3.05, 3.63) is 70.9 Å². The van der Waals surface area contributed by atoms with E-state index in [0.717, 1.165) is 25.0 Å². The van der Waals surface area contributed by atoms with Crippen LogP contribution in [0, 0.1) is 11.6 Å².